The summed E-state index contributed by atoms with van der Waals surface area (Å²) >= 11 is 0. The normalized spacial score (nSPS) is 18.4. The zero-order chi connectivity index (χ0) is 14.4. The molecule has 0 aromatic heterocycles. The van der Waals surface area contributed by atoms with E-state index in [0.717, 1.165) is 12.1 Å². The third-order valence-electron chi connectivity index (χ3n) is 3.48. The van der Waals surface area contributed by atoms with Gasteiger partial charge in [0, 0.05) is 32.6 Å². The quantitative estimate of drug-likeness (QED) is 0.737. The van der Waals surface area contributed by atoms with E-state index in [9.17, 15) is 9.59 Å². The maximum atomic E-state index is 12.0. The first-order valence-corrected chi connectivity index (χ1v) is 6.94. The molecule has 1 unspecified atom stereocenters. The van der Waals surface area contributed by atoms with Gasteiger partial charge in [-0.15, -0.1) is 0 Å². The SMILES string of the molecule is CNCCNC(=O)C1CC(=O)N(Cc2ccccc2)C1. The second-order valence-corrected chi connectivity index (χ2v) is 5.06. The largest absolute Gasteiger partial charge is 0.355 e. The molecular formula is C15H21N3O2. The third kappa shape index (κ3) is 3.81. The van der Waals surface area contributed by atoms with Crippen molar-refractivity contribution in [1.82, 2.24) is 15.5 Å². The number of carbonyl (C=O) groups excluding carboxylic acids is 2. The minimum absolute atomic E-state index is 0.0239. The maximum absolute atomic E-state index is 12.0. The first-order valence-electron chi connectivity index (χ1n) is 6.94. The number of hydrogen-bond acceptors (Lipinski definition) is 3. The van der Waals surface area contributed by atoms with Gasteiger partial charge >= 0.3 is 0 Å². The molecule has 1 saturated heterocycles. The van der Waals surface area contributed by atoms with Crippen LogP contribution in [0.1, 0.15) is 12.0 Å². The van der Waals surface area contributed by atoms with Gasteiger partial charge in [-0.2, -0.15) is 0 Å². The highest BCUT2D eigenvalue weighted by Crippen LogP contribution is 2.20. The van der Waals surface area contributed by atoms with Crippen LogP contribution in [-0.4, -0.2) is 43.4 Å². The Balaban J connectivity index is 1.85. The molecule has 108 valence electrons. The Bertz CT molecular complexity index is 461. The zero-order valence-corrected chi connectivity index (χ0v) is 11.8. The summed E-state index contributed by atoms with van der Waals surface area (Å²) in [5, 5.41) is 5.82. The molecule has 1 aliphatic rings. The zero-order valence-electron chi connectivity index (χ0n) is 11.8. The van der Waals surface area contributed by atoms with Crippen molar-refractivity contribution in [3.05, 3.63) is 35.9 Å². The van der Waals surface area contributed by atoms with Crippen molar-refractivity contribution < 1.29 is 9.59 Å². The fourth-order valence-corrected chi connectivity index (χ4v) is 2.36. The molecule has 1 atom stereocenters. The number of nitrogens with zero attached hydrogens (tertiary/aromatic N) is 1. The maximum Gasteiger partial charge on any atom is 0.225 e. The molecule has 2 amide bonds. The molecule has 0 bridgehead atoms. The standard InChI is InChI=1S/C15H21N3O2/c1-16-7-8-17-15(20)13-9-14(19)18(11-13)10-12-5-3-2-4-6-12/h2-6,13,16H,7-11H2,1H3,(H,17,20). The highest BCUT2D eigenvalue weighted by atomic mass is 16.2. The monoisotopic (exact) mass is 275 g/mol. The van der Waals surface area contributed by atoms with Gasteiger partial charge in [-0.1, -0.05) is 30.3 Å². The summed E-state index contributed by atoms with van der Waals surface area (Å²) in [6, 6.07) is 9.85. The van der Waals surface area contributed by atoms with E-state index in [4.69, 9.17) is 0 Å². The van der Waals surface area contributed by atoms with E-state index in [1.165, 1.54) is 0 Å². The van der Waals surface area contributed by atoms with Crippen LogP contribution in [0.25, 0.3) is 0 Å². The first-order chi connectivity index (χ1) is 9.70. The molecule has 20 heavy (non-hydrogen) atoms. The third-order valence-corrected chi connectivity index (χ3v) is 3.48. The molecule has 2 N–H and O–H groups in total. The van der Waals surface area contributed by atoms with Gasteiger partial charge in [0.15, 0.2) is 0 Å². The molecule has 2 rings (SSSR count). The molecule has 0 radical (unpaired) electrons. The van der Waals surface area contributed by atoms with Crippen LogP contribution in [0.5, 0.6) is 0 Å². The van der Waals surface area contributed by atoms with E-state index in [1.807, 2.05) is 37.4 Å². The lowest BCUT2D eigenvalue weighted by Crippen LogP contribution is -2.36. The number of nitrogens with one attached hydrogen (secondary N) is 2. The summed E-state index contributed by atoms with van der Waals surface area (Å²) in [5.74, 6) is -0.185. The summed E-state index contributed by atoms with van der Waals surface area (Å²) in [6.45, 7) is 2.43. The van der Waals surface area contributed by atoms with Crippen molar-refractivity contribution in [3.63, 3.8) is 0 Å². The van der Waals surface area contributed by atoms with Crippen LogP contribution in [0.3, 0.4) is 0 Å². The van der Waals surface area contributed by atoms with Crippen molar-refractivity contribution in [2.24, 2.45) is 5.92 Å². The van der Waals surface area contributed by atoms with Gasteiger partial charge in [-0.25, -0.2) is 0 Å². The highest BCUT2D eigenvalue weighted by molar-refractivity contribution is 5.89. The van der Waals surface area contributed by atoms with Crippen molar-refractivity contribution >= 4 is 11.8 Å². The van der Waals surface area contributed by atoms with E-state index in [-0.39, 0.29) is 17.7 Å². The Kier molecular flexibility index (Phi) is 5.12. The number of carbonyl (C=O) groups is 2. The van der Waals surface area contributed by atoms with Crippen LogP contribution >= 0.6 is 0 Å². The van der Waals surface area contributed by atoms with Gasteiger partial charge in [-0.05, 0) is 12.6 Å². The Morgan fingerprint density at radius 2 is 2.05 bits per heavy atom. The molecule has 0 aliphatic carbocycles. The van der Waals surface area contributed by atoms with Crippen molar-refractivity contribution in [3.8, 4) is 0 Å². The molecule has 1 aromatic carbocycles. The Hall–Kier alpha value is -1.88. The van der Waals surface area contributed by atoms with Gasteiger partial charge < -0.3 is 15.5 Å². The van der Waals surface area contributed by atoms with E-state index in [0.29, 0.717) is 26.1 Å². The average molecular weight is 275 g/mol. The first kappa shape index (κ1) is 14.5. The topological polar surface area (TPSA) is 61.4 Å². The minimum atomic E-state index is -0.219. The predicted octanol–water partition coefficient (Wildman–Crippen LogP) is 0.371. The Morgan fingerprint density at radius 3 is 2.75 bits per heavy atom. The smallest absolute Gasteiger partial charge is 0.225 e. The van der Waals surface area contributed by atoms with Crippen LogP contribution in [0.15, 0.2) is 30.3 Å². The van der Waals surface area contributed by atoms with Gasteiger partial charge in [0.2, 0.25) is 11.8 Å². The molecule has 0 saturated carbocycles. The van der Waals surface area contributed by atoms with Gasteiger partial charge in [0.1, 0.15) is 0 Å². The number of likely N-dealkylation sites (N-methyl/N-ethyl adjacent to an activating group) is 1. The lowest BCUT2D eigenvalue weighted by atomic mass is 10.1. The number of hydrogen-bond donors (Lipinski definition) is 2. The molecule has 5 nitrogen and oxygen atoms in total. The molecule has 1 heterocycles. The van der Waals surface area contributed by atoms with E-state index in [2.05, 4.69) is 10.6 Å². The molecule has 0 spiro atoms. The van der Waals surface area contributed by atoms with Crippen LogP contribution in [0.4, 0.5) is 0 Å². The van der Waals surface area contributed by atoms with Crippen LogP contribution < -0.4 is 10.6 Å². The van der Waals surface area contributed by atoms with E-state index in [1.54, 1.807) is 4.90 Å². The second-order valence-electron chi connectivity index (χ2n) is 5.06. The molecule has 1 fully saturated rings. The lowest BCUT2D eigenvalue weighted by molar-refractivity contribution is -0.129. The summed E-state index contributed by atoms with van der Waals surface area (Å²) in [6.07, 6.45) is 0.318. The number of rotatable bonds is 6. The molecular weight excluding hydrogens is 254 g/mol. The summed E-state index contributed by atoms with van der Waals surface area (Å²) in [7, 11) is 1.84. The Labute approximate surface area is 119 Å². The Morgan fingerprint density at radius 1 is 1.30 bits per heavy atom. The van der Waals surface area contributed by atoms with E-state index < -0.39 is 0 Å². The van der Waals surface area contributed by atoms with Gasteiger partial charge in [0.25, 0.3) is 0 Å². The van der Waals surface area contributed by atoms with Gasteiger partial charge in [0.05, 0.1) is 5.92 Å². The van der Waals surface area contributed by atoms with Crippen molar-refractivity contribution in [2.75, 3.05) is 26.7 Å². The summed E-state index contributed by atoms with van der Waals surface area (Å²) in [5.41, 5.74) is 1.09. The molecule has 1 aliphatic heterocycles. The molecule has 5 heteroatoms. The summed E-state index contributed by atoms with van der Waals surface area (Å²) in [4.78, 5) is 25.7. The van der Waals surface area contributed by atoms with Crippen molar-refractivity contribution in [1.29, 1.82) is 0 Å². The fourth-order valence-electron chi connectivity index (χ4n) is 2.36. The number of benzene rings is 1. The number of likely N-dealkylation sites (tertiary alicyclic amines) is 1. The van der Waals surface area contributed by atoms with Crippen LogP contribution in [0.2, 0.25) is 0 Å². The lowest BCUT2D eigenvalue weighted by Gasteiger charge is -2.16. The highest BCUT2D eigenvalue weighted by Gasteiger charge is 2.33. The van der Waals surface area contributed by atoms with Crippen LogP contribution in [-0.2, 0) is 16.1 Å². The predicted molar refractivity (Wildman–Crippen MR) is 76.9 cm³/mol. The second kappa shape index (κ2) is 7.05. The average Bonchev–Trinajstić information content (AvgIpc) is 2.82. The van der Waals surface area contributed by atoms with E-state index >= 15 is 0 Å². The fraction of sp³-hybridized carbons (Fsp3) is 0.467. The van der Waals surface area contributed by atoms with Gasteiger partial charge in [-0.3, -0.25) is 9.59 Å². The van der Waals surface area contributed by atoms with Crippen LogP contribution in [0, 0.1) is 5.92 Å². The minimum Gasteiger partial charge on any atom is -0.355 e. The summed E-state index contributed by atoms with van der Waals surface area (Å²) < 4.78 is 0. The molecule has 1 aromatic rings. The number of amides is 2. The van der Waals surface area contributed by atoms with Crippen molar-refractivity contribution in [2.45, 2.75) is 13.0 Å².